The lowest BCUT2D eigenvalue weighted by Crippen LogP contribution is -2.41. The van der Waals surface area contributed by atoms with Gasteiger partial charge in [-0.15, -0.1) is 35.3 Å². The third kappa shape index (κ3) is 9.25. The molecule has 24 heavy (non-hydrogen) atoms. The number of halogens is 4. The molecule has 0 aliphatic heterocycles. The number of carbonyl (C=O) groups is 1. The van der Waals surface area contributed by atoms with Crippen LogP contribution < -0.4 is 16.0 Å². The van der Waals surface area contributed by atoms with Gasteiger partial charge in [0, 0.05) is 44.9 Å². The first-order chi connectivity index (χ1) is 10.8. The number of hydrogen-bond acceptors (Lipinski definition) is 4. The van der Waals surface area contributed by atoms with E-state index in [0.29, 0.717) is 43.6 Å². The summed E-state index contributed by atoms with van der Waals surface area (Å²) >= 11 is 0.977. The Labute approximate surface area is 159 Å². The van der Waals surface area contributed by atoms with E-state index in [1.54, 1.807) is 0 Å². The van der Waals surface area contributed by atoms with E-state index in [1.165, 1.54) is 6.92 Å². The second-order valence-corrected chi connectivity index (χ2v) is 5.49. The predicted octanol–water partition coefficient (Wildman–Crippen LogP) is 2.01. The lowest BCUT2D eigenvalue weighted by Gasteiger charge is -2.11. The molecule has 0 aliphatic carbocycles. The van der Waals surface area contributed by atoms with Crippen LogP contribution in [0.4, 0.5) is 13.2 Å². The topological polar surface area (TPSA) is 78.4 Å². The van der Waals surface area contributed by atoms with Crippen molar-refractivity contribution in [3.05, 3.63) is 16.1 Å². The molecular formula is C13H21F3IN5OS. The molecule has 0 saturated heterocycles. The molecule has 1 aromatic rings. The maximum Gasteiger partial charge on any atom is 0.434 e. The van der Waals surface area contributed by atoms with E-state index in [4.69, 9.17) is 0 Å². The summed E-state index contributed by atoms with van der Waals surface area (Å²) in [6.45, 7) is 5.27. The van der Waals surface area contributed by atoms with E-state index in [2.05, 4.69) is 25.9 Å². The van der Waals surface area contributed by atoms with Gasteiger partial charge in [0.2, 0.25) is 5.91 Å². The quantitative estimate of drug-likeness (QED) is 0.242. The van der Waals surface area contributed by atoms with Gasteiger partial charge in [-0.3, -0.25) is 9.79 Å². The molecule has 0 aromatic carbocycles. The Morgan fingerprint density at radius 1 is 1.29 bits per heavy atom. The number of nitrogens with one attached hydrogen (secondary N) is 3. The van der Waals surface area contributed by atoms with Crippen LogP contribution in [0.1, 0.15) is 24.5 Å². The number of aliphatic imine (C=N–C) groups is 1. The maximum absolute atomic E-state index is 12.4. The number of hydrogen-bond donors (Lipinski definition) is 3. The Morgan fingerprint density at radius 3 is 2.50 bits per heavy atom. The highest BCUT2D eigenvalue weighted by atomic mass is 127. The molecule has 0 bridgehead atoms. The Bertz CT molecular complexity index is 536. The minimum Gasteiger partial charge on any atom is -0.357 e. The molecule has 0 spiro atoms. The second-order valence-electron chi connectivity index (χ2n) is 4.54. The molecular weight excluding hydrogens is 458 g/mol. The largest absolute Gasteiger partial charge is 0.434 e. The molecule has 0 aliphatic rings. The van der Waals surface area contributed by atoms with Gasteiger partial charge in [0.25, 0.3) is 0 Å². The molecule has 1 rings (SSSR count). The smallest absolute Gasteiger partial charge is 0.357 e. The third-order valence-electron chi connectivity index (χ3n) is 2.57. The summed E-state index contributed by atoms with van der Waals surface area (Å²) in [7, 11) is 0. The number of thiazole rings is 1. The number of guanidine groups is 1. The van der Waals surface area contributed by atoms with Crippen LogP contribution in [0, 0.1) is 0 Å². The summed E-state index contributed by atoms with van der Waals surface area (Å²) < 4.78 is 37.3. The van der Waals surface area contributed by atoms with Crippen LogP contribution in [0.15, 0.2) is 10.4 Å². The van der Waals surface area contributed by atoms with Gasteiger partial charge < -0.3 is 16.0 Å². The molecule has 138 valence electrons. The Hall–Kier alpha value is -1.11. The summed E-state index contributed by atoms with van der Waals surface area (Å²) in [4.78, 5) is 18.6. The number of amides is 1. The maximum atomic E-state index is 12.4. The zero-order valence-corrected chi connectivity index (χ0v) is 16.5. The molecule has 0 fully saturated rings. The lowest BCUT2D eigenvalue weighted by atomic mass is 10.4. The second kappa shape index (κ2) is 11.4. The summed E-state index contributed by atoms with van der Waals surface area (Å²) in [5, 5.41) is 10.1. The van der Waals surface area contributed by atoms with E-state index in [0.717, 1.165) is 16.7 Å². The van der Waals surface area contributed by atoms with E-state index in [9.17, 15) is 18.0 Å². The normalized spacial score (nSPS) is 11.6. The van der Waals surface area contributed by atoms with Crippen molar-refractivity contribution in [2.45, 2.75) is 26.4 Å². The van der Waals surface area contributed by atoms with Gasteiger partial charge in [-0.25, -0.2) is 4.98 Å². The first-order valence-corrected chi connectivity index (χ1v) is 7.99. The number of rotatable bonds is 7. The van der Waals surface area contributed by atoms with Crippen LogP contribution in [-0.2, 0) is 17.4 Å². The fraction of sp³-hybridized carbons (Fsp3) is 0.615. The van der Waals surface area contributed by atoms with Crippen molar-refractivity contribution >= 4 is 47.2 Å². The minimum atomic E-state index is -4.40. The molecule has 3 N–H and O–H groups in total. The minimum absolute atomic E-state index is 0. The standard InChI is InChI=1S/C13H20F3N5OS.HI/c1-3-17-12(20-7-6-18-9(2)22)19-5-4-11-21-10(8-23-11)13(14,15)16;/h8H,3-7H2,1-2H3,(H,18,22)(H2,17,19,20);1H. The summed E-state index contributed by atoms with van der Waals surface area (Å²) in [6, 6.07) is 0. The van der Waals surface area contributed by atoms with E-state index < -0.39 is 11.9 Å². The highest BCUT2D eigenvalue weighted by molar-refractivity contribution is 14.0. The Kier molecular flexibility index (Phi) is 10.9. The van der Waals surface area contributed by atoms with Gasteiger partial charge in [0.1, 0.15) is 0 Å². The van der Waals surface area contributed by atoms with Crippen molar-refractivity contribution in [3.8, 4) is 0 Å². The summed E-state index contributed by atoms with van der Waals surface area (Å²) in [5.41, 5.74) is -0.859. The zero-order chi connectivity index (χ0) is 17.3. The number of alkyl halides is 3. The van der Waals surface area contributed by atoms with Crippen molar-refractivity contribution < 1.29 is 18.0 Å². The molecule has 0 radical (unpaired) electrons. The zero-order valence-electron chi connectivity index (χ0n) is 13.4. The summed E-state index contributed by atoms with van der Waals surface area (Å²) in [5.74, 6) is 0.434. The lowest BCUT2D eigenvalue weighted by molar-refractivity contribution is -0.140. The highest BCUT2D eigenvalue weighted by Crippen LogP contribution is 2.30. The molecule has 1 aromatic heterocycles. The number of nitrogens with zero attached hydrogens (tertiary/aromatic N) is 2. The van der Waals surface area contributed by atoms with Crippen LogP contribution in [-0.4, -0.2) is 43.0 Å². The number of aromatic nitrogens is 1. The average molecular weight is 479 g/mol. The van der Waals surface area contributed by atoms with E-state index >= 15 is 0 Å². The molecule has 11 heteroatoms. The van der Waals surface area contributed by atoms with Gasteiger partial charge >= 0.3 is 6.18 Å². The van der Waals surface area contributed by atoms with Gasteiger partial charge in [-0.2, -0.15) is 13.2 Å². The highest BCUT2D eigenvalue weighted by Gasteiger charge is 2.33. The van der Waals surface area contributed by atoms with Crippen LogP contribution >= 0.6 is 35.3 Å². The van der Waals surface area contributed by atoms with Crippen molar-refractivity contribution in [2.24, 2.45) is 4.99 Å². The number of carbonyl (C=O) groups excluding carboxylic acids is 1. The third-order valence-corrected chi connectivity index (χ3v) is 3.48. The van der Waals surface area contributed by atoms with Gasteiger partial charge in [-0.1, -0.05) is 0 Å². The Morgan fingerprint density at radius 2 is 1.96 bits per heavy atom. The monoisotopic (exact) mass is 479 g/mol. The van der Waals surface area contributed by atoms with E-state index in [-0.39, 0.29) is 29.9 Å². The first kappa shape index (κ1) is 22.9. The van der Waals surface area contributed by atoms with Crippen molar-refractivity contribution in [1.82, 2.24) is 20.9 Å². The van der Waals surface area contributed by atoms with E-state index in [1.807, 2.05) is 6.92 Å². The SMILES string of the molecule is CCNC(=NCCc1nc(C(F)(F)F)cs1)NCCNC(C)=O.I. The Balaban J connectivity index is 0.00000529. The molecule has 1 amide bonds. The van der Waals surface area contributed by atoms with Crippen LogP contribution in [0.25, 0.3) is 0 Å². The van der Waals surface area contributed by atoms with Gasteiger partial charge in [0.05, 0.1) is 5.01 Å². The van der Waals surface area contributed by atoms with Gasteiger partial charge in [0.15, 0.2) is 11.7 Å². The fourth-order valence-electron chi connectivity index (χ4n) is 1.58. The average Bonchev–Trinajstić information content (AvgIpc) is 2.92. The van der Waals surface area contributed by atoms with Gasteiger partial charge in [-0.05, 0) is 6.92 Å². The molecule has 1 heterocycles. The van der Waals surface area contributed by atoms with Crippen LogP contribution in [0.5, 0.6) is 0 Å². The molecule has 0 saturated carbocycles. The first-order valence-electron chi connectivity index (χ1n) is 7.11. The van der Waals surface area contributed by atoms with Crippen LogP contribution in [0.3, 0.4) is 0 Å². The van der Waals surface area contributed by atoms with Crippen molar-refractivity contribution in [1.29, 1.82) is 0 Å². The van der Waals surface area contributed by atoms with Crippen molar-refractivity contribution in [2.75, 3.05) is 26.2 Å². The fourth-order valence-corrected chi connectivity index (χ4v) is 2.37. The van der Waals surface area contributed by atoms with Crippen LogP contribution in [0.2, 0.25) is 0 Å². The van der Waals surface area contributed by atoms with Crippen molar-refractivity contribution in [3.63, 3.8) is 0 Å². The molecule has 6 nitrogen and oxygen atoms in total. The summed E-state index contributed by atoms with van der Waals surface area (Å²) in [6.07, 6.45) is -4.07. The predicted molar refractivity (Wildman–Crippen MR) is 98.9 cm³/mol. The molecule has 0 unspecified atom stereocenters. The molecule has 0 atom stereocenters.